The Bertz CT molecular complexity index is 960. The monoisotopic (exact) mass is 513 g/mol. The number of hydrogen-bond donors (Lipinski definition) is 2. The average Bonchev–Trinajstić information content (AvgIpc) is 3.50. The van der Waals surface area contributed by atoms with Gasteiger partial charge in [0.15, 0.2) is 0 Å². The number of rotatable bonds is 5. The number of Topliss-reactive ketones (excluding diaryl/α,β-unsaturated/α-hetero) is 1. The molecular weight excluding hydrogens is 470 g/mol. The van der Waals surface area contributed by atoms with Crippen LogP contribution in [-0.4, -0.2) is 57.0 Å². The highest BCUT2D eigenvalue weighted by Gasteiger charge is 2.52. The van der Waals surface area contributed by atoms with Crippen LogP contribution in [0.5, 0.6) is 0 Å². The minimum Gasteiger partial charge on any atom is -0.458 e. The van der Waals surface area contributed by atoms with Crippen molar-refractivity contribution in [3.8, 4) is 0 Å². The molecular formula is C30H43NO6. The number of fused-ring (bicyclic) bond motifs is 1. The molecule has 3 rings (SSSR count). The van der Waals surface area contributed by atoms with E-state index in [1.807, 2.05) is 31.2 Å². The summed E-state index contributed by atoms with van der Waals surface area (Å²) in [6.07, 6.45) is 7.93. The smallest absolute Gasteiger partial charge is 0.309 e. The van der Waals surface area contributed by atoms with E-state index in [9.17, 15) is 19.8 Å². The van der Waals surface area contributed by atoms with Crippen LogP contribution in [0.15, 0.2) is 43.1 Å². The molecule has 2 aliphatic rings. The molecule has 0 spiro atoms. The van der Waals surface area contributed by atoms with Gasteiger partial charge in [-0.05, 0) is 62.8 Å². The third-order valence-corrected chi connectivity index (χ3v) is 8.11. The van der Waals surface area contributed by atoms with Crippen molar-refractivity contribution in [2.24, 2.45) is 17.3 Å². The summed E-state index contributed by atoms with van der Waals surface area (Å²) in [5.74, 6) is -1.59. The number of epoxide rings is 1. The van der Waals surface area contributed by atoms with Gasteiger partial charge in [0.05, 0.1) is 41.4 Å². The van der Waals surface area contributed by atoms with Crippen LogP contribution < -0.4 is 0 Å². The fourth-order valence-electron chi connectivity index (χ4n) is 5.23. The van der Waals surface area contributed by atoms with Crippen LogP contribution in [0.25, 0.3) is 6.08 Å². The van der Waals surface area contributed by atoms with E-state index >= 15 is 0 Å². The molecule has 7 atom stereocenters. The van der Waals surface area contributed by atoms with Crippen molar-refractivity contribution in [3.63, 3.8) is 0 Å². The molecule has 2 fully saturated rings. The molecule has 0 amide bonds. The zero-order valence-electron chi connectivity index (χ0n) is 22.6. The maximum atomic E-state index is 13.6. The number of hydrogen-bond acceptors (Lipinski definition) is 7. The first kappa shape index (κ1) is 29.2. The minimum absolute atomic E-state index is 0.0601. The van der Waals surface area contributed by atoms with Gasteiger partial charge in [0, 0.05) is 18.5 Å². The first-order valence-electron chi connectivity index (χ1n) is 13.5. The molecule has 0 aromatic carbocycles. The van der Waals surface area contributed by atoms with Crippen LogP contribution >= 0.6 is 0 Å². The molecule has 7 nitrogen and oxygen atoms in total. The third kappa shape index (κ3) is 7.59. The number of nitrogens with zero attached hydrogens (tertiary/aromatic N) is 1. The van der Waals surface area contributed by atoms with Gasteiger partial charge < -0.3 is 19.7 Å². The second kappa shape index (κ2) is 12.5. The van der Waals surface area contributed by atoms with E-state index in [4.69, 9.17) is 9.47 Å². The number of allylic oxidation sites excluding steroid dienone is 1. The second-order valence-electron chi connectivity index (χ2n) is 11.4. The summed E-state index contributed by atoms with van der Waals surface area (Å²) in [5.41, 5.74) is -0.805. The molecule has 37 heavy (non-hydrogen) atoms. The van der Waals surface area contributed by atoms with Gasteiger partial charge in [-0.1, -0.05) is 39.3 Å². The average molecular weight is 514 g/mol. The van der Waals surface area contributed by atoms with Gasteiger partial charge in [0.2, 0.25) is 0 Å². The van der Waals surface area contributed by atoms with Crippen LogP contribution in [0.4, 0.5) is 0 Å². The lowest BCUT2D eigenvalue weighted by molar-refractivity contribution is -0.154. The highest BCUT2D eigenvalue weighted by atomic mass is 16.6. The number of pyridine rings is 1. The number of aromatic nitrogens is 1. The topological polar surface area (TPSA) is 109 Å². The van der Waals surface area contributed by atoms with E-state index < -0.39 is 35.6 Å². The van der Waals surface area contributed by atoms with Crippen LogP contribution in [0.2, 0.25) is 0 Å². The quantitative estimate of drug-likeness (QED) is 0.335. The van der Waals surface area contributed by atoms with E-state index in [1.165, 1.54) is 0 Å². The van der Waals surface area contributed by atoms with Crippen LogP contribution in [0, 0.1) is 17.3 Å². The molecule has 0 aliphatic carbocycles. The van der Waals surface area contributed by atoms with Gasteiger partial charge in [-0.3, -0.25) is 14.6 Å². The number of aliphatic hydroxyl groups excluding tert-OH is 2. The Morgan fingerprint density at radius 3 is 2.65 bits per heavy atom. The summed E-state index contributed by atoms with van der Waals surface area (Å²) >= 11 is 0. The number of esters is 1. The Morgan fingerprint density at radius 2 is 1.97 bits per heavy atom. The van der Waals surface area contributed by atoms with Crippen molar-refractivity contribution in [3.05, 3.63) is 48.8 Å². The maximum Gasteiger partial charge on any atom is 0.309 e. The van der Waals surface area contributed by atoms with Gasteiger partial charge in [0.25, 0.3) is 0 Å². The number of carbonyl (C=O) groups is 2. The van der Waals surface area contributed by atoms with E-state index in [2.05, 4.69) is 18.5 Å². The predicted octanol–water partition coefficient (Wildman–Crippen LogP) is 4.66. The van der Waals surface area contributed by atoms with Gasteiger partial charge in [-0.25, -0.2) is 0 Å². The molecule has 2 saturated heterocycles. The molecule has 3 heterocycles. The second-order valence-corrected chi connectivity index (χ2v) is 11.4. The zero-order chi connectivity index (χ0) is 27.2. The summed E-state index contributed by atoms with van der Waals surface area (Å²) in [4.78, 5) is 30.8. The van der Waals surface area contributed by atoms with Crippen molar-refractivity contribution >= 4 is 17.8 Å². The molecule has 1 aromatic heterocycles. The van der Waals surface area contributed by atoms with Crippen LogP contribution in [-0.2, 0) is 19.1 Å². The Morgan fingerprint density at radius 1 is 1.22 bits per heavy atom. The van der Waals surface area contributed by atoms with Crippen molar-refractivity contribution < 1.29 is 29.3 Å². The molecule has 0 bridgehead atoms. The molecule has 2 aliphatic heterocycles. The van der Waals surface area contributed by atoms with Crippen LogP contribution in [0.3, 0.4) is 0 Å². The molecule has 2 N–H and O–H groups in total. The Labute approximate surface area is 221 Å². The van der Waals surface area contributed by atoms with E-state index in [0.29, 0.717) is 19.3 Å². The Balaban J connectivity index is 1.84. The SMILES string of the molecule is C=CCCC1C(=O)C(C)(C)C(O)CC(=O)OC(C=Cc2ccccn2)CC2OC2(C)CCCC(C)C1O. The molecule has 7 unspecified atom stereocenters. The summed E-state index contributed by atoms with van der Waals surface area (Å²) < 4.78 is 11.8. The summed E-state index contributed by atoms with van der Waals surface area (Å²) in [6.45, 7) is 11.1. The number of ketones is 1. The predicted molar refractivity (Wildman–Crippen MR) is 142 cm³/mol. The number of aliphatic hydroxyl groups is 2. The first-order valence-corrected chi connectivity index (χ1v) is 13.5. The lowest BCUT2D eigenvalue weighted by Crippen LogP contribution is -2.46. The fraction of sp³-hybridized carbons (Fsp3) is 0.633. The molecule has 7 heteroatoms. The molecule has 204 valence electrons. The number of cyclic esters (lactones) is 1. The van der Waals surface area contributed by atoms with Gasteiger partial charge in [-0.15, -0.1) is 6.58 Å². The largest absolute Gasteiger partial charge is 0.458 e. The zero-order valence-corrected chi connectivity index (χ0v) is 22.6. The molecule has 0 radical (unpaired) electrons. The van der Waals surface area contributed by atoms with Crippen LogP contribution in [0.1, 0.15) is 78.3 Å². The van der Waals surface area contributed by atoms with Crippen molar-refractivity contribution in [1.82, 2.24) is 4.98 Å². The van der Waals surface area contributed by atoms with Crippen molar-refractivity contribution in [2.45, 2.75) is 103 Å². The molecule has 1 aromatic rings. The van der Waals surface area contributed by atoms with E-state index in [0.717, 1.165) is 25.0 Å². The number of ether oxygens (including phenoxy) is 2. The van der Waals surface area contributed by atoms with Gasteiger partial charge >= 0.3 is 5.97 Å². The maximum absolute atomic E-state index is 13.6. The van der Waals surface area contributed by atoms with E-state index in [-0.39, 0.29) is 29.8 Å². The lowest BCUT2D eigenvalue weighted by atomic mass is 9.71. The third-order valence-electron chi connectivity index (χ3n) is 8.11. The van der Waals surface area contributed by atoms with Gasteiger partial charge in [0.1, 0.15) is 11.9 Å². The summed E-state index contributed by atoms with van der Waals surface area (Å²) in [7, 11) is 0. The van der Waals surface area contributed by atoms with Gasteiger partial charge in [-0.2, -0.15) is 0 Å². The Hall–Kier alpha value is -2.35. The van der Waals surface area contributed by atoms with E-state index in [1.54, 1.807) is 32.2 Å². The summed E-state index contributed by atoms with van der Waals surface area (Å²) in [6, 6.07) is 5.58. The standard InChI is InChI=1S/C30H43NO6/c1-6-7-13-23-27(34)20(2)11-10-16-30(5)25(37-30)18-22(15-14-21-12-8-9-17-31-21)36-26(33)19-24(32)29(3,4)28(23)35/h6,8-9,12,14-15,17,20,22-25,27,32,34H,1,7,10-11,13,16,18-19H2,2-5H3. The van der Waals surface area contributed by atoms with Crippen molar-refractivity contribution in [2.75, 3.05) is 0 Å². The fourth-order valence-corrected chi connectivity index (χ4v) is 5.23. The Kier molecular flexibility index (Phi) is 9.84. The highest BCUT2D eigenvalue weighted by Crippen LogP contribution is 2.44. The number of carbonyl (C=O) groups excluding carboxylic acids is 2. The summed E-state index contributed by atoms with van der Waals surface area (Å²) in [5, 5.41) is 22.2. The molecule has 0 saturated carbocycles. The normalized spacial score (nSPS) is 35.5. The minimum atomic E-state index is -1.25. The van der Waals surface area contributed by atoms with Crippen molar-refractivity contribution in [1.29, 1.82) is 0 Å². The first-order chi connectivity index (χ1) is 17.5. The lowest BCUT2D eigenvalue weighted by Gasteiger charge is -2.36. The highest BCUT2D eigenvalue weighted by molar-refractivity contribution is 5.88.